The predicted octanol–water partition coefficient (Wildman–Crippen LogP) is 3.34. The summed E-state index contributed by atoms with van der Waals surface area (Å²) in [5, 5.41) is 0. The van der Waals surface area contributed by atoms with Gasteiger partial charge in [-0.2, -0.15) is 0 Å². The number of benzene rings is 1. The maximum absolute atomic E-state index is 13.8. The van der Waals surface area contributed by atoms with Crippen LogP contribution in [0.25, 0.3) is 5.57 Å². The van der Waals surface area contributed by atoms with Gasteiger partial charge in [0.25, 0.3) is 5.92 Å². The molecule has 1 aliphatic carbocycles. The Morgan fingerprint density at radius 1 is 1.41 bits per heavy atom. The minimum absolute atomic E-state index is 0.121. The third-order valence-electron chi connectivity index (χ3n) is 3.08. The predicted molar refractivity (Wildman–Crippen MR) is 61.0 cm³/mol. The molecular weight excluding hydrogens is 227 g/mol. The summed E-state index contributed by atoms with van der Waals surface area (Å²) in [5.41, 5.74) is 5.47. The Kier molecular flexibility index (Phi) is 3.00. The van der Waals surface area contributed by atoms with E-state index in [1.807, 2.05) is 0 Å². The van der Waals surface area contributed by atoms with Crippen molar-refractivity contribution in [2.75, 3.05) is 0 Å². The number of hydrogen-bond acceptors (Lipinski definition) is 1. The average Bonchev–Trinajstić information content (AvgIpc) is 3.13. The summed E-state index contributed by atoms with van der Waals surface area (Å²) in [4.78, 5) is 0. The van der Waals surface area contributed by atoms with E-state index >= 15 is 0 Å². The Balaban J connectivity index is 2.35. The first-order chi connectivity index (χ1) is 7.96. The van der Waals surface area contributed by atoms with Crippen LogP contribution in [0.3, 0.4) is 0 Å². The summed E-state index contributed by atoms with van der Waals surface area (Å²) < 4.78 is 41.1. The number of nitrogens with two attached hydrogens (primary N) is 1. The van der Waals surface area contributed by atoms with Gasteiger partial charge in [0.15, 0.2) is 0 Å². The van der Waals surface area contributed by atoms with Gasteiger partial charge in [-0.1, -0.05) is 12.6 Å². The summed E-state index contributed by atoms with van der Waals surface area (Å²) >= 11 is 0. The molecule has 0 spiro atoms. The molecule has 17 heavy (non-hydrogen) atoms. The van der Waals surface area contributed by atoms with Gasteiger partial charge in [0.05, 0.1) is 0 Å². The molecule has 1 aliphatic rings. The van der Waals surface area contributed by atoms with E-state index in [2.05, 4.69) is 6.58 Å². The van der Waals surface area contributed by atoms with Crippen LogP contribution in [-0.4, -0.2) is 5.92 Å². The number of rotatable bonds is 4. The van der Waals surface area contributed by atoms with Crippen molar-refractivity contribution < 1.29 is 13.2 Å². The van der Waals surface area contributed by atoms with Crippen LogP contribution in [0, 0.1) is 11.7 Å². The number of allylic oxidation sites excluding steroid dienone is 1. The largest absolute Gasteiger partial charge is 0.326 e. The van der Waals surface area contributed by atoms with Crippen molar-refractivity contribution in [3.8, 4) is 0 Å². The lowest BCUT2D eigenvalue weighted by atomic mass is 9.96. The second-order valence-corrected chi connectivity index (χ2v) is 4.39. The minimum Gasteiger partial charge on any atom is -0.326 e. The molecule has 0 aromatic heterocycles. The molecule has 0 amide bonds. The van der Waals surface area contributed by atoms with Crippen LogP contribution in [-0.2, 0) is 6.54 Å². The summed E-state index contributed by atoms with van der Waals surface area (Å²) in [6.45, 7) is 3.55. The van der Waals surface area contributed by atoms with Crippen LogP contribution in [0.5, 0.6) is 0 Å². The van der Waals surface area contributed by atoms with E-state index < -0.39 is 23.2 Å². The van der Waals surface area contributed by atoms with Crippen molar-refractivity contribution in [1.82, 2.24) is 0 Å². The Morgan fingerprint density at radius 2 is 2.06 bits per heavy atom. The van der Waals surface area contributed by atoms with E-state index in [-0.39, 0.29) is 12.1 Å². The molecule has 2 N–H and O–H groups in total. The lowest BCUT2D eigenvalue weighted by molar-refractivity contribution is 0.0422. The van der Waals surface area contributed by atoms with Crippen LogP contribution in [0.1, 0.15) is 24.0 Å². The molecule has 1 aromatic carbocycles. The number of halogens is 3. The molecule has 2 rings (SSSR count). The SMILES string of the molecule is C=C(c1cc(CN)ccc1F)C(F)(F)C1CC1. The monoisotopic (exact) mass is 241 g/mol. The van der Waals surface area contributed by atoms with E-state index in [1.165, 1.54) is 12.1 Å². The summed E-state index contributed by atoms with van der Waals surface area (Å²) in [5.74, 6) is -4.38. The van der Waals surface area contributed by atoms with E-state index in [9.17, 15) is 13.2 Å². The van der Waals surface area contributed by atoms with Crippen LogP contribution in [0.4, 0.5) is 13.2 Å². The molecule has 0 aliphatic heterocycles. The lowest BCUT2D eigenvalue weighted by Crippen LogP contribution is -2.21. The van der Waals surface area contributed by atoms with Crippen molar-refractivity contribution in [1.29, 1.82) is 0 Å². The molecule has 1 saturated carbocycles. The molecule has 0 saturated heterocycles. The van der Waals surface area contributed by atoms with Gasteiger partial charge in [-0.05, 0) is 30.5 Å². The zero-order valence-electron chi connectivity index (χ0n) is 9.35. The highest BCUT2D eigenvalue weighted by Gasteiger charge is 2.49. The summed E-state index contributed by atoms with van der Waals surface area (Å²) in [6.07, 6.45) is 0.953. The third kappa shape index (κ3) is 2.22. The lowest BCUT2D eigenvalue weighted by Gasteiger charge is -2.19. The molecule has 1 fully saturated rings. The van der Waals surface area contributed by atoms with Gasteiger partial charge in [-0.3, -0.25) is 0 Å². The fourth-order valence-corrected chi connectivity index (χ4v) is 1.80. The first kappa shape index (κ1) is 12.2. The van der Waals surface area contributed by atoms with Gasteiger partial charge in [-0.25, -0.2) is 13.2 Å². The van der Waals surface area contributed by atoms with Crippen molar-refractivity contribution in [3.05, 3.63) is 41.7 Å². The second kappa shape index (κ2) is 4.18. The third-order valence-corrected chi connectivity index (χ3v) is 3.08. The molecule has 4 heteroatoms. The van der Waals surface area contributed by atoms with E-state index in [0.717, 1.165) is 6.07 Å². The molecular formula is C13H14F3N. The van der Waals surface area contributed by atoms with Crippen molar-refractivity contribution in [3.63, 3.8) is 0 Å². The second-order valence-electron chi connectivity index (χ2n) is 4.39. The molecule has 0 bridgehead atoms. The van der Waals surface area contributed by atoms with Crippen molar-refractivity contribution in [2.45, 2.75) is 25.3 Å². The van der Waals surface area contributed by atoms with Crippen LogP contribution in [0.2, 0.25) is 0 Å². The number of hydrogen-bond donors (Lipinski definition) is 1. The molecule has 0 unspecified atom stereocenters. The van der Waals surface area contributed by atoms with Gasteiger partial charge in [-0.15, -0.1) is 0 Å². The standard InChI is InChI=1S/C13H14F3N/c1-8(13(15,16)10-3-4-10)11-6-9(7-17)2-5-12(11)14/h2,5-6,10H,1,3-4,7,17H2. The molecule has 0 atom stereocenters. The zero-order valence-corrected chi connectivity index (χ0v) is 9.35. The number of alkyl halides is 2. The van der Waals surface area contributed by atoms with Gasteiger partial charge >= 0.3 is 0 Å². The zero-order chi connectivity index (χ0) is 12.6. The molecule has 1 aromatic rings. The Bertz CT molecular complexity index is 450. The molecule has 1 nitrogen and oxygen atoms in total. The van der Waals surface area contributed by atoms with E-state index in [4.69, 9.17) is 5.73 Å². The Hall–Kier alpha value is -1.29. The Morgan fingerprint density at radius 3 is 2.59 bits per heavy atom. The fourth-order valence-electron chi connectivity index (χ4n) is 1.80. The smallest absolute Gasteiger partial charge is 0.276 e. The van der Waals surface area contributed by atoms with Crippen LogP contribution < -0.4 is 5.73 Å². The van der Waals surface area contributed by atoms with Gasteiger partial charge in [0.1, 0.15) is 5.82 Å². The molecule has 0 radical (unpaired) electrons. The molecule has 92 valence electrons. The maximum Gasteiger partial charge on any atom is 0.276 e. The summed E-state index contributed by atoms with van der Waals surface area (Å²) in [6, 6.07) is 4.00. The van der Waals surface area contributed by atoms with E-state index in [1.54, 1.807) is 0 Å². The first-order valence-corrected chi connectivity index (χ1v) is 5.53. The molecule has 0 heterocycles. The maximum atomic E-state index is 13.8. The van der Waals surface area contributed by atoms with E-state index in [0.29, 0.717) is 18.4 Å². The average molecular weight is 241 g/mol. The fraction of sp³-hybridized carbons (Fsp3) is 0.385. The quantitative estimate of drug-likeness (QED) is 0.859. The van der Waals surface area contributed by atoms with Crippen LogP contribution in [0.15, 0.2) is 24.8 Å². The van der Waals surface area contributed by atoms with Gasteiger partial charge in [0.2, 0.25) is 0 Å². The van der Waals surface area contributed by atoms with Crippen molar-refractivity contribution >= 4 is 5.57 Å². The summed E-state index contributed by atoms with van der Waals surface area (Å²) in [7, 11) is 0. The highest BCUT2D eigenvalue weighted by atomic mass is 19.3. The Labute approximate surface area is 98.1 Å². The first-order valence-electron chi connectivity index (χ1n) is 5.53. The normalized spacial score (nSPS) is 16.0. The van der Waals surface area contributed by atoms with Gasteiger partial charge < -0.3 is 5.73 Å². The van der Waals surface area contributed by atoms with Crippen molar-refractivity contribution in [2.24, 2.45) is 11.7 Å². The highest BCUT2D eigenvalue weighted by Crippen LogP contribution is 2.50. The van der Waals surface area contributed by atoms with Crippen LogP contribution >= 0.6 is 0 Å². The highest BCUT2D eigenvalue weighted by molar-refractivity contribution is 5.70. The van der Waals surface area contributed by atoms with Gasteiger partial charge in [0, 0.05) is 23.6 Å². The topological polar surface area (TPSA) is 26.0 Å². The minimum atomic E-state index is -3.02.